The van der Waals surface area contributed by atoms with E-state index < -0.39 is 12.1 Å². The number of unbranched alkanes of at least 4 members (excludes halogenated alkanes) is 37. The van der Waals surface area contributed by atoms with E-state index in [0.717, 1.165) is 64.2 Å². The Bertz CT molecular complexity index is 1240. The number of hydrogen-bond donors (Lipinski definition) is 3. The highest BCUT2D eigenvalue weighted by molar-refractivity contribution is 5.76. The first-order chi connectivity index (χ1) is 34.7. The van der Waals surface area contributed by atoms with Gasteiger partial charge in [-0.3, -0.25) is 4.79 Å². The molecule has 0 aliphatic carbocycles. The van der Waals surface area contributed by atoms with Crippen molar-refractivity contribution in [3.05, 3.63) is 85.1 Å². The van der Waals surface area contributed by atoms with E-state index in [9.17, 15) is 15.0 Å². The van der Waals surface area contributed by atoms with Crippen molar-refractivity contribution in [2.75, 3.05) is 6.61 Å². The van der Waals surface area contributed by atoms with Gasteiger partial charge in [-0.1, -0.05) is 311 Å². The lowest BCUT2D eigenvalue weighted by Gasteiger charge is -2.19. The minimum absolute atomic E-state index is 0.0732. The van der Waals surface area contributed by atoms with Gasteiger partial charge in [0.15, 0.2) is 0 Å². The highest BCUT2D eigenvalue weighted by atomic mass is 16.3. The van der Waals surface area contributed by atoms with Crippen molar-refractivity contribution in [1.82, 2.24) is 5.32 Å². The highest BCUT2D eigenvalue weighted by Gasteiger charge is 2.18. The van der Waals surface area contributed by atoms with Gasteiger partial charge >= 0.3 is 0 Å². The van der Waals surface area contributed by atoms with Crippen molar-refractivity contribution in [2.45, 2.75) is 321 Å². The van der Waals surface area contributed by atoms with E-state index in [2.05, 4.69) is 92.1 Å². The molecule has 4 nitrogen and oxygen atoms in total. The Hall–Kier alpha value is -2.43. The lowest BCUT2D eigenvalue weighted by molar-refractivity contribution is -0.123. The van der Waals surface area contributed by atoms with Crippen LogP contribution in [-0.2, 0) is 4.79 Å². The zero-order valence-electron chi connectivity index (χ0n) is 46.8. The Labute approximate surface area is 437 Å². The standard InChI is InChI=1S/C66H119NO3/c1-3-5-7-9-11-13-15-17-19-21-23-25-27-29-31-32-33-34-36-38-40-42-44-46-48-50-52-54-56-58-60-62-66(70)67-64(63-68)65(69)61-59-57-55-53-51-49-47-45-43-41-39-37-35-30-28-26-24-22-20-18-16-14-12-10-8-6-4-2/h5,7,11,13,17,19,23,25,29,31,51,53,59,61,64-65,68-69H,3-4,6,8-10,12,14-16,18,20-22,24,26-28,30,32-50,52,54-58,60,62-63H2,1-2H3,(H,67,70)/b7-5-,13-11-,19-17-,25-23-,31-29-,53-51+,61-59+. The zero-order valence-corrected chi connectivity index (χ0v) is 46.8. The number of allylic oxidation sites excluding steroid dienone is 13. The summed E-state index contributed by atoms with van der Waals surface area (Å²) in [6.07, 6.45) is 89.1. The van der Waals surface area contributed by atoms with Crippen molar-refractivity contribution in [3.63, 3.8) is 0 Å². The average Bonchev–Trinajstić information content (AvgIpc) is 3.36. The summed E-state index contributed by atoms with van der Waals surface area (Å²) in [5.74, 6) is -0.0732. The summed E-state index contributed by atoms with van der Waals surface area (Å²) in [4.78, 5) is 12.5. The van der Waals surface area contributed by atoms with E-state index >= 15 is 0 Å². The van der Waals surface area contributed by atoms with Crippen LogP contribution < -0.4 is 5.32 Å². The molecular weight excluding hydrogens is 855 g/mol. The minimum atomic E-state index is -0.867. The second kappa shape index (κ2) is 60.9. The van der Waals surface area contributed by atoms with Crippen LogP contribution in [0.2, 0.25) is 0 Å². The van der Waals surface area contributed by atoms with Crippen LogP contribution in [0, 0.1) is 0 Å². The first-order valence-corrected chi connectivity index (χ1v) is 30.8. The number of carbonyl (C=O) groups is 1. The predicted molar refractivity (Wildman–Crippen MR) is 313 cm³/mol. The normalized spacial score (nSPS) is 13.4. The zero-order chi connectivity index (χ0) is 50.6. The molecule has 0 aromatic heterocycles. The van der Waals surface area contributed by atoms with Crippen LogP contribution in [0.15, 0.2) is 85.1 Å². The van der Waals surface area contributed by atoms with Crippen molar-refractivity contribution in [2.24, 2.45) is 0 Å². The molecule has 406 valence electrons. The molecule has 0 aromatic carbocycles. The van der Waals surface area contributed by atoms with Gasteiger partial charge in [0, 0.05) is 6.42 Å². The van der Waals surface area contributed by atoms with Gasteiger partial charge in [0.1, 0.15) is 0 Å². The molecule has 0 aliphatic heterocycles. The predicted octanol–water partition coefficient (Wildman–Crippen LogP) is 20.7. The van der Waals surface area contributed by atoms with Gasteiger partial charge in [-0.25, -0.2) is 0 Å². The molecule has 0 saturated carbocycles. The largest absolute Gasteiger partial charge is 0.394 e. The smallest absolute Gasteiger partial charge is 0.220 e. The van der Waals surface area contributed by atoms with Crippen molar-refractivity contribution in [1.29, 1.82) is 0 Å². The monoisotopic (exact) mass is 974 g/mol. The van der Waals surface area contributed by atoms with E-state index in [1.54, 1.807) is 6.08 Å². The lowest BCUT2D eigenvalue weighted by Crippen LogP contribution is -2.45. The van der Waals surface area contributed by atoms with Gasteiger partial charge in [0.25, 0.3) is 0 Å². The third-order valence-corrected chi connectivity index (χ3v) is 13.9. The van der Waals surface area contributed by atoms with E-state index in [4.69, 9.17) is 0 Å². The molecule has 0 heterocycles. The fraction of sp³-hybridized carbons (Fsp3) is 0.773. The quantitative estimate of drug-likeness (QED) is 0.0420. The Kier molecular flexibility index (Phi) is 58.8. The molecule has 0 rings (SSSR count). The lowest BCUT2D eigenvalue weighted by atomic mass is 10.0. The third-order valence-electron chi connectivity index (χ3n) is 13.9. The summed E-state index contributed by atoms with van der Waals surface area (Å²) < 4.78 is 0. The fourth-order valence-corrected chi connectivity index (χ4v) is 9.22. The summed E-state index contributed by atoms with van der Waals surface area (Å²) in [7, 11) is 0. The van der Waals surface area contributed by atoms with Crippen LogP contribution in [-0.4, -0.2) is 34.9 Å². The molecule has 1 amide bonds. The molecule has 4 heteroatoms. The van der Waals surface area contributed by atoms with E-state index in [1.807, 2.05) is 6.08 Å². The van der Waals surface area contributed by atoms with Gasteiger partial charge in [-0.15, -0.1) is 0 Å². The summed E-state index contributed by atoms with van der Waals surface area (Å²) >= 11 is 0. The summed E-state index contributed by atoms with van der Waals surface area (Å²) in [5.41, 5.74) is 0. The summed E-state index contributed by atoms with van der Waals surface area (Å²) in [6, 6.07) is -0.644. The number of amides is 1. The highest BCUT2D eigenvalue weighted by Crippen LogP contribution is 2.17. The van der Waals surface area contributed by atoms with Crippen LogP contribution in [0.4, 0.5) is 0 Å². The van der Waals surface area contributed by atoms with E-state index in [1.165, 1.54) is 225 Å². The maximum absolute atomic E-state index is 12.5. The Morgan fingerprint density at radius 1 is 0.357 bits per heavy atom. The number of rotatable bonds is 56. The minimum Gasteiger partial charge on any atom is -0.394 e. The van der Waals surface area contributed by atoms with Gasteiger partial charge in [-0.2, -0.15) is 0 Å². The first kappa shape index (κ1) is 67.6. The molecule has 3 N–H and O–H groups in total. The van der Waals surface area contributed by atoms with Gasteiger partial charge in [-0.05, 0) is 77.0 Å². The van der Waals surface area contributed by atoms with Crippen molar-refractivity contribution >= 4 is 5.91 Å². The van der Waals surface area contributed by atoms with Crippen LogP contribution in [0.1, 0.15) is 309 Å². The molecular formula is C66H119NO3. The number of carbonyl (C=O) groups excluding carboxylic acids is 1. The van der Waals surface area contributed by atoms with Crippen molar-refractivity contribution in [3.8, 4) is 0 Å². The summed E-state index contributed by atoms with van der Waals surface area (Å²) in [5, 5.41) is 23.2. The topological polar surface area (TPSA) is 69.6 Å². The number of nitrogens with one attached hydrogen (secondary N) is 1. The second-order valence-electron chi connectivity index (χ2n) is 20.7. The fourth-order valence-electron chi connectivity index (χ4n) is 9.22. The number of aliphatic hydroxyl groups excluding tert-OH is 2. The second-order valence-corrected chi connectivity index (χ2v) is 20.7. The van der Waals surface area contributed by atoms with E-state index in [0.29, 0.717) is 6.42 Å². The van der Waals surface area contributed by atoms with Gasteiger partial charge < -0.3 is 15.5 Å². The van der Waals surface area contributed by atoms with Crippen LogP contribution in [0.25, 0.3) is 0 Å². The van der Waals surface area contributed by atoms with Crippen LogP contribution >= 0.6 is 0 Å². The molecule has 0 bridgehead atoms. The van der Waals surface area contributed by atoms with Gasteiger partial charge in [0.2, 0.25) is 5.91 Å². The average molecular weight is 975 g/mol. The molecule has 0 spiro atoms. The molecule has 0 aromatic rings. The first-order valence-electron chi connectivity index (χ1n) is 30.8. The number of aliphatic hydroxyl groups is 2. The molecule has 2 atom stereocenters. The van der Waals surface area contributed by atoms with Crippen LogP contribution in [0.3, 0.4) is 0 Å². The van der Waals surface area contributed by atoms with Crippen LogP contribution in [0.5, 0.6) is 0 Å². The molecule has 0 aliphatic rings. The number of hydrogen-bond acceptors (Lipinski definition) is 3. The SMILES string of the molecule is CC/C=C\C/C=C\C/C=C\C/C=C\C/C=C\CCCCCCCCCCCCCCCCCC(=O)NC(CO)C(O)/C=C/CC/C=C/CCCCCCCCCCCCCCCCCCCCCCC. The van der Waals surface area contributed by atoms with E-state index in [-0.39, 0.29) is 12.5 Å². The van der Waals surface area contributed by atoms with Gasteiger partial charge in [0.05, 0.1) is 18.8 Å². The Balaban J connectivity index is 3.52. The third kappa shape index (κ3) is 56.5. The van der Waals surface area contributed by atoms with Crippen molar-refractivity contribution < 1.29 is 15.0 Å². The molecule has 2 unspecified atom stereocenters. The maximum atomic E-state index is 12.5. The summed E-state index contributed by atoms with van der Waals surface area (Å²) in [6.45, 7) is 4.21. The molecule has 0 saturated heterocycles. The molecule has 0 fully saturated rings. The molecule has 0 radical (unpaired) electrons. The molecule has 70 heavy (non-hydrogen) atoms. The Morgan fingerprint density at radius 3 is 1.00 bits per heavy atom. The Morgan fingerprint density at radius 2 is 0.643 bits per heavy atom. The maximum Gasteiger partial charge on any atom is 0.220 e.